The number of carbonyl (C=O) groups is 2. The molecule has 17 heavy (non-hydrogen) atoms. The summed E-state index contributed by atoms with van der Waals surface area (Å²) in [6.07, 6.45) is 0. The van der Waals surface area contributed by atoms with Crippen molar-refractivity contribution < 1.29 is 14.7 Å². The molecule has 0 aromatic heterocycles. The Morgan fingerprint density at radius 3 is 2.06 bits per heavy atom. The highest BCUT2D eigenvalue weighted by molar-refractivity contribution is 6.00. The van der Waals surface area contributed by atoms with Crippen molar-refractivity contribution in [2.24, 2.45) is 5.84 Å². The standard InChI is InChI=1S/C12H10N2O3/c13-14-11(15)9-3-1-8-6-10(12(16)17)4-2-7(8)5-9/h1-6H,13H2,(H,14,15)(H,16,17). The van der Waals surface area contributed by atoms with Crippen LogP contribution < -0.4 is 11.3 Å². The molecule has 0 spiro atoms. The number of nitrogens with two attached hydrogens (primary N) is 1. The predicted octanol–water partition coefficient (Wildman–Crippen LogP) is 1.14. The first-order valence-electron chi connectivity index (χ1n) is 4.90. The minimum absolute atomic E-state index is 0.216. The Morgan fingerprint density at radius 2 is 1.53 bits per heavy atom. The van der Waals surface area contributed by atoms with Crippen LogP contribution in [-0.2, 0) is 0 Å². The number of nitrogen functional groups attached to an aromatic ring is 1. The number of hydrogen-bond donors (Lipinski definition) is 3. The summed E-state index contributed by atoms with van der Waals surface area (Å²) in [5.41, 5.74) is 2.69. The van der Waals surface area contributed by atoms with Crippen LogP contribution in [0.2, 0.25) is 0 Å². The molecule has 2 rings (SSSR count). The van der Waals surface area contributed by atoms with E-state index in [2.05, 4.69) is 0 Å². The Hall–Kier alpha value is -2.40. The average Bonchev–Trinajstić information content (AvgIpc) is 2.36. The van der Waals surface area contributed by atoms with Gasteiger partial charge in [-0.15, -0.1) is 0 Å². The van der Waals surface area contributed by atoms with Gasteiger partial charge in [-0.1, -0.05) is 12.1 Å². The predicted molar refractivity (Wildman–Crippen MR) is 62.6 cm³/mol. The van der Waals surface area contributed by atoms with E-state index in [0.717, 1.165) is 10.8 Å². The lowest BCUT2D eigenvalue weighted by molar-refractivity contribution is 0.0696. The molecule has 86 valence electrons. The second-order valence-corrected chi connectivity index (χ2v) is 3.56. The molecule has 0 aliphatic heterocycles. The van der Waals surface area contributed by atoms with Crippen molar-refractivity contribution in [3.8, 4) is 0 Å². The molecular weight excluding hydrogens is 220 g/mol. The Morgan fingerprint density at radius 1 is 1.00 bits per heavy atom. The minimum Gasteiger partial charge on any atom is -0.478 e. The zero-order chi connectivity index (χ0) is 12.4. The van der Waals surface area contributed by atoms with Crippen molar-refractivity contribution in [2.45, 2.75) is 0 Å². The molecule has 0 radical (unpaired) electrons. The molecule has 0 saturated carbocycles. The van der Waals surface area contributed by atoms with E-state index in [1.54, 1.807) is 30.3 Å². The van der Waals surface area contributed by atoms with Gasteiger partial charge in [0.25, 0.3) is 5.91 Å². The number of benzene rings is 2. The van der Waals surface area contributed by atoms with Crippen LogP contribution in [0.1, 0.15) is 20.7 Å². The minimum atomic E-state index is -0.976. The summed E-state index contributed by atoms with van der Waals surface area (Å²) in [4.78, 5) is 22.1. The van der Waals surface area contributed by atoms with Crippen LogP contribution in [-0.4, -0.2) is 17.0 Å². The number of fused-ring (bicyclic) bond motifs is 1. The van der Waals surface area contributed by atoms with E-state index < -0.39 is 5.97 Å². The summed E-state index contributed by atoms with van der Waals surface area (Å²) in [5.74, 6) is 3.68. The van der Waals surface area contributed by atoms with E-state index in [-0.39, 0.29) is 11.5 Å². The van der Waals surface area contributed by atoms with Gasteiger partial charge in [0.1, 0.15) is 0 Å². The molecule has 0 atom stereocenters. The molecule has 0 aliphatic carbocycles. The summed E-state index contributed by atoms with van der Waals surface area (Å²) in [6.45, 7) is 0. The average molecular weight is 230 g/mol. The number of carboxylic acids is 1. The zero-order valence-electron chi connectivity index (χ0n) is 8.81. The first kappa shape index (κ1) is 11.1. The van der Waals surface area contributed by atoms with E-state index in [9.17, 15) is 9.59 Å². The van der Waals surface area contributed by atoms with Gasteiger partial charge in [-0.2, -0.15) is 0 Å². The number of carboxylic acid groups (broad SMARTS) is 1. The lowest BCUT2D eigenvalue weighted by Gasteiger charge is -2.03. The fourth-order valence-corrected chi connectivity index (χ4v) is 1.60. The summed E-state index contributed by atoms with van der Waals surface area (Å²) < 4.78 is 0. The van der Waals surface area contributed by atoms with Crippen LogP contribution in [0, 0.1) is 0 Å². The molecule has 0 bridgehead atoms. The van der Waals surface area contributed by atoms with Crippen molar-refractivity contribution in [1.82, 2.24) is 5.43 Å². The highest BCUT2D eigenvalue weighted by Crippen LogP contribution is 2.18. The number of rotatable bonds is 2. The van der Waals surface area contributed by atoms with Gasteiger partial charge in [0.05, 0.1) is 5.56 Å². The highest BCUT2D eigenvalue weighted by Gasteiger charge is 2.06. The van der Waals surface area contributed by atoms with Crippen LogP contribution in [0.4, 0.5) is 0 Å². The fourth-order valence-electron chi connectivity index (χ4n) is 1.60. The van der Waals surface area contributed by atoms with Gasteiger partial charge in [0.15, 0.2) is 0 Å². The van der Waals surface area contributed by atoms with Gasteiger partial charge < -0.3 is 5.11 Å². The van der Waals surface area contributed by atoms with Gasteiger partial charge in [0.2, 0.25) is 0 Å². The molecule has 5 heteroatoms. The summed E-state index contributed by atoms with van der Waals surface area (Å²) in [6, 6.07) is 9.65. The number of hydrogen-bond acceptors (Lipinski definition) is 3. The number of aromatic carboxylic acids is 1. The van der Waals surface area contributed by atoms with Gasteiger partial charge in [-0.05, 0) is 35.0 Å². The molecule has 4 N–H and O–H groups in total. The maximum Gasteiger partial charge on any atom is 0.335 e. The van der Waals surface area contributed by atoms with Gasteiger partial charge in [-0.25, -0.2) is 10.6 Å². The van der Waals surface area contributed by atoms with E-state index in [4.69, 9.17) is 10.9 Å². The maximum absolute atomic E-state index is 11.3. The monoisotopic (exact) mass is 230 g/mol. The number of hydrazine groups is 1. The molecule has 0 fully saturated rings. The summed E-state index contributed by atoms with van der Waals surface area (Å²) >= 11 is 0. The number of nitrogens with one attached hydrogen (secondary N) is 1. The quantitative estimate of drug-likeness (QED) is 0.410. The molecule has 0 aliphatic rings. The first-order chi connectivity index (χ1) is 8.11. The lowest BCUT2D eigenvalue weighted by Crippen LogP contribution is -2.29. The SMILES string of the molecule is NNC(=O)c1ccc2cc(C(=O)O)ccc2c1. The van der Waals surface area contributed by atoms with Crippen LogP contribution in [0.25, 0.3) is 10.8 Å². The van der Waals surface area contributed by atoms with E-state index in [1.807, 2.05) is 5.43 Å². The normalized spacial score (nSPS) is 10.2. The maximum atomic E-state index is 11.3. The second kappa shape index (κ2) is 4.23. The second-order valence-electron chi connectivity index (χ2n) is 3.56. The van der Waals surface area contributed by atoms with Gasteiger partial charge in [-0.3, -0.25) is 10.2 Å². The molecule has 2 aromatic carbocycles. The summed E-state index contributed by atoms with van der Waals surface area (Å²) in [5, 5.41) is 10.4. The van der Waals surface area contributed by atoms with Crippen LogP contribution in [0.5, 0.6) is 0 Å². The van der Waals surface area contributed by atoms with Crippen molar-refractivity contribution in [3.05, 3.63) is 47.5 Å². The zero-order valence-corrected chi connectivity index (χ0v) is 8.81. The summed E-state index contributed by atoms with van der Waals surface area (Å²) in [7, 11) is 0. The largest absolute Gasteiger partial charge is 0.478 e. The number of amides is 1. The molecule has 0 unspecified atom stereocenters. The van der Waals surface area contributed by atoms with Crippen molar-refractivity contribution in [1.29, 1.82) is 0 Å². The van der Waals surface area contributed by atoms with Crippen molar-refractivity contribution >= 4 is 22.6 Å². The van der Waals surface area contributed by atoms with Gasteiger partial charge >= 0.3 is 5.97 Å². The Bertz CT molecular complexity index is 608. The fraction of sp³-hybridized carbons (Fsp3) is 0. The van der Waals surface area contributed by atoms with Crippen molar-refractivity contribution in [3.63, 3.8) is 0 Å². The third kappa shape index (κ3) is 2.09. The highest BCUT2D eigenvalue weighted by atomic mass is 16.4. The number of carbonyl (C=O) groups excluding carboxylic acids is 1. The third-order valence-electron chi connectivity index (χ3n) is 2.48. The molecule has 2 aromatic rings. The third-order valence-corrected chi connectivity index (χ3v) is 2.48. The van der Waals surface area contributed by atoms with E-state index in [0.29, 0.717) is 5.56 Å². The Kier molecular flexibility index (Phi) is 2.76. The first-order valence-corrected chi connectivity index (χ1v) is 4.90. The molecule has 1 amide bonds. The smallest absolute Gasteiger partial charge is 0.335 e. The van der Waals surface area contributed by atoms with E-state index in [1.165, 1.54) is 6.07 Å². The topological polar surface area (TPSA) is 92.4 Å². The van der Waals surface area contributed by atoms with Crippen LogP contribution >= 0.6 is 0 Å². The van der Waals surface area contributed by atoms with Crippen LogP contribution in [0.15, 0.2) is 36.4 Å². The molecular formula is C12H10N2O3. The Balaban J connectivity index is 2.54. The van der Waals surface area contributed by atoms with E-state index >= 15 is 0 Å². The van der Waals surface area contributed by atoms with Gasteiger partial charge in [0, 0.05) is 5.56 Å². The lowest BCUT2D eigenvalue weighted by atomic mass is 10.0. The van der Waals surface area contributed by atoms with Crippen molar-refractivity contribution in [2.75, 3.05) is 0 Å². The molecule has 0 heterocycles. The Labute approximate surface area is 96.8 Å². The molecule has 5 nitrogen and oxygen atoms in total. The van der Waals surface area contributed by atoms with Crippen LogP contribution in [0.3, 0.4) is 0 Å². The molecule has 0 saturated heterocycles.